The fourth-order valence-electron chi connectivity index (χ4n) is 3.39. The van der Waals surface area contributed by atoms with Gasteiger partial charge >= 0.3 is 0 Å². The van der Waals surface area contributed by atoms with Gasteiger partial charge in [0.05, 0.1) is 13.7 Å². The maximum atomic E-state index is 6.21. The van der Waals surface area contributed by atoms with E-state index >= 15 is 0 Å². The van der Waals surface area contributed by atoms with Crippen molar-refractivity contribution in [1.29, 1.82) is 0 Å². The number of aliphatic imine (C=N–C) groups is 1. The fourth-order valence-corrected chi connectivity index (χ4v) is 3.39. The molecule has 1 aromatic carbocycles. The quantitative estimate of drug-likeness (QED) is 0.401. The van der Waals surface area contributed by atoms with Gasteiger partial charge in [0.2, 0.25) is 0 Å². The maximum Gasteiger partial charge on any atom is 0.191 e. The van der Waals surface area contributed by atoms with Gasteiger partial charge in [0, 0.05) is 37.3 Å². The zero-order chi connectivity index (χ0) is 17.6. The molecule has 2 N–H and O–H groups in total. The van der Waals surface area contributed by atoms with E-state index in [0.29, 0.717) is 12.5 Å². The zero-order valence-electron chi connectivity index (χ0n) is 15.9. The summed E-state index contributed by atoms with van der Waals surface area (Å²) in [6, 6.07) is 6.37. The number of nitrogens with two attached hydrogens (primary N) is 1. The van der Waals surface area contributed by atoms with Gasteiger partial charge in [0.25, 0.3) is 0 Å². The molecule has 0 unspecified atom stereocenters. The van der Waals surface area contributed by atoms with Crippen molar-refractivity contribution in [3.63, 3.8) is 0 Å². The van der Waals surface area contributed by atoms with Gasteiger partial charge in [0.15, 0.2) is 5.96 Å². The van der Waals surface area contributed by atoms with Gasteiger partial charge in [0.1, 0.15) is 5.75 Å². The molecule has 0 atom stereocenters. The molecule has 0 aliphatic carbocycles. The molecule has 1 aliphatic rings. The molecule has 5 nitrogen and oxygen atoms in total. The molecule has 0 bridgehead atoms. The second kappa shape index (κ2) is 10.2. The summed E-state index contributed by atoms with van der Waals surface area (Å²) in [5.41, 5.74) is 8.59. The van der Waals surface area contributed by atoms with Crippen molar-refractivity contribution in [2.24, 2.45) is 10.7 Å². The topological polar surface area (TPSA) is 60.1 Å². The predicted molar refractivity (Wildman–Crippen MR) is 114 cm³/mol. The first-order valence-electron chi connectivity index (χ1n) is 8.84. The Kier molecular flexibility index (Phi) is 8.99. The summed E-state index contributed by atoms with van der Waals surface area (Å²) in [6.07, 6.45) is 1.86. The molecule has 0 aromatic heterocycles. The van der Waals surface area contributed by atoms with E-state index < -0.39 is 0 Å². The van der Waals surface area contributed by atoms with Crippen LogP contribution < -0.4 is 10.5 Å². The molecular weight excluding hydrogens is 429 g/mol. The van der Waals surface area contributed by atoms with Gasteiger partial charge in [-0.2, -0.15) is 0 Å². The Bertz CT molecular complexity index is 568. The van der Waals surface area contributed by atoms with Crippen LogP contribution in [0.15, 0.2) is 23.2 Å². The van der Waals surface area contributed by atoms with Crippen LogP contribution in [0.2, 0.25) is 0 Å². The van der Waals surface area contributed by atoms with E-state index in [2.05, 4.69) is 43.9 Å². The van der Waals surface area contributed by atoms with Crippen LogP contribution in [0.5, 0.6) is 5.75 Å². The molecule has 0 radical (unpaired) electrons. The van der Waals surface area contributed by atoms with Crippen LogP contribution in [0.3, 0.4) is 0 Å². The number of hydrogen-bond donors (Lipinski definition) is 1. The summed E-state index contributed by atoms with van der Waals surface area (Å²) in [6.45, 7) is 10.2. The lowest BCUT2D eigenvalue weighted by atomic mass is 9.73. The fraction of sp³-hybridized carbons (Fsp3) is 0.632. The molecular formula is C19H32IN3O2. The average molecular weight is 461 g/mol. The first-order valence-corrected chi connectivity index (χ1v) is 8.84. The minimum atomic E-state index is -0.0760. The Hall–Kier alpha value is -1.02. The highest BCUT2D eigenvalue weighted by molar-refractivity contribution is 14.0. The number of halogens is 1. The van der Waals surface area contributed by atoms with Crippen molar-refractivity contribution in [3.05, 3.63) is 29.3 Å². The molecule has 6 heteroatoms. The molecule has 25 heavy (non-hydrogen) atoms. The highest BCUT2D eigenvalue weighted by Crippen LogP contribution is 2.40. The molecule has 1 saturated heterocycles. The Labute approximate surface area is 169 Å². The second-order valence-corrected chi connectivity index (χ2v) is 6.44. The van der Waals surface area contributed by atoms with Crippen LogP contribution in [0.1, 0.15) is 37.8 Å². The summed E-state index contributed by atoms with van der Waals surface area (Å²) < 4.78 is 11.3. The molecule has 1 fully saturated rings. The molecule has 0 spiro atoms. The summed E-state index contributed by atoms with van der Waals surface area (Å²) in [7, 11) is 1.73. The summed E-state index contributed by atoms with van der Waals surface area (Å²) in [5.74, 6) is 1.55. The number of guanidine groups is 1. The van der Waals surface area contributed by atoms with Gasteiger partial charge < -0.3 is 20.1 Å². The van der Waals surface area contributed by atoms with Crippen LogP contribution in [-0.2, 0) is 10.2 Å². The standard InChI is InChI=1S/C19H31N3O2.HI/c1-5-22(6-2)18(20)21-14-19(9-11-24-12-10-19)16-13-15(3)7-8-17(16)23-4;/h7-8,13H,5-6,9-12,14H2,1-4H3,(H2,20,21);1H. The minimum Gasteiger partial charge on any atom is -0.496 e. The van der Waals surface area contributed by atoms with Crippen LogP contribution in [0.4, 0.5) is 0 Å². The smallest absolute Gasteiger partial charge is 0.191 e. The predicted octanol–water partition coefficient (Wildman–Crippen LogP) is 3.33. The first-order chi connectivity index (χ1) is 11.6. The minimum absolute atomic E-state index is 0. The van der Waals surface area contributed by atoms with Crippen LogP contribution in [0.25, 0.3) is 0 Å². The van der Waals surface area contributed by atoms with Crippen molar-refractivity contribution in [1.82, 2.24) is 4.90 Å². The third kappa shape index (κ3) is 5.23. The van der Waals surface area contributed by atoms with Gasteiger partial charge in [-0.25, -0.2) is 0 Å². The highest BCUT2D eigenvalue weighted by Gasteiger charge is 2.37. The number of rotatable bonds is 6. The molecule has 1 aliphatic heterocycles. The number of benzene rings is 1. The van der Waals surface area contributed by atoms with E-state index in [0.717, 1.165) is 44.9 Å². The largest absolute Gasteiger partial charge is 0.496 e. The van der Waals surface area contributed by atoms with Crippen molar-refractivity contribution in [3.8, 4) is 5.75 Å². The van der Waals surface area contributed by atoms with Crippen molar-refractivity contribution in [2.75, 3.05) is 40.0 Å². The Morgan fingerprint density at radius 2 is 1.92 bits per heavy atom. The SMILES string of the molecule is CCN(CC)C(N)=NCC1(c2cc(C)ccc2OC)CCOCC1.I. The molecule has 1 aromatic rings. The lowest BCUT2D eigenvalue weighted by Gasteiger charge is -2.38. The number of ether oxygens (including phenoxy) is 2. The highest BCUT2D eigenvalue weighted by atomic mass is 127. The van der Waals surface area contributed by atoms with Crippen molar-refractivity contribution < 1.29 is 9.47 Å². The van der Waals surface area contributed by atoms with E-state index in [9.17, 15) is 0 Å². The van der Waals surface area contributed by atoms with Crippen LogP contribution in [-0.4, -0.2) is 50.8 Å². The Balaban J connectivity index is 0.00000312. The molecule has 142 valence electrons. The summed E-state index contributed by atoms with van der Waals surface area (Å²) >= 11 is 0. The average Bonchev–Trinajstić information content (AvgIpc) is 2.62. The number of hydrogen-bond acceptors (Lipinski definition) is 3. The molecule has 0 amide bonds. The lowest BCUT2D eigenvalue weighted by Crippen LogP contribution is -2.41. The van der Waals surface area contributed by atoms with Crippen molar-refractivity contribution >= 4 is 29.9 Å². The molecule has 0 saturated carbocycles. The van der Waals surface area contributed by atoms with Gasteiger partial charge in [-0.05, 0) is 39.7 Å². The van der Waals surface area contributed by atoms with E-state index in [-0.39, 0.29) is 29.4 Å². The van der Waals surface area contributed by atoms with Crippen LogP contribution in [0, 0.1) is 6.92 Å². The number of nitrogens with zero attached hydrogens (tertiary/aromatic N) is 2. The van der Waals surface area contributed by atoms with Gasteiger partial charge in [-0.1, -0.05) is 17.7 Å². The van der Waals surface area contributed by atoms with E-state index in [1.165, 1.54) is 11.1 Å². The summed E-state index contributed by atoms with van der Waals surface area (Å²) in [4.78, 5) is 6.84. The first kappa shape index (κ1) is 22.0. The second-order valence-electron chi connectivity index (χ2n) is 6.44. The van der Waals surface area contributed by atoms with E-state index in [4.69, 9.17) is 20.2 Å². The lowest BCUT2D eigenvalue weighted by molar-refractivity contribution is 0.0522. The zero-order valence-corrected chi connectivity index (χ0v) is 18.2. The van der Waals surface area contributed by atoms with Gasteiger partial charge in [-0.3, -0.25) is 4.99 Å². The Morgan fingerprint density at radius 1 is 1.28 bits per heavy atom. The van der Waals surface area contributed by atoms with Crippen LogP contribution >= 0.6 is 24.0 Å². The number of aryl methyl sites for hydroxylation is 1. The molecule has 1 heterocycles. The maximum absolute atomic E-state index is 6.21. The molecule has 2 rings (SSSR count). The van der Waals surface area contributed by atoms with Gasteiger partial charge in [-0.15, -0.1) is 24.0 Å². The van der Waals surface area contributed by atoms with Crippen molar-refractivity contribution in [2.45, 2.75) is 39.0 Å². The third-order valence-electron chi connectivity index (χ3n) is 5.01. The van der Waals surface area contributed by atoms with E-state index in [1.807, 2.05) is 0 Å². The Morgan fingerprint density at radius 3 is 2.48 bits per heavy atom. The number of methoxy groups -OCH3 is 1. The normalized spacial score (nSPS) is 16.9. The third-order valence-corrected chi connectivity index (χ3v) is 5.01. The van der Waals surface area contributed by atoms with E-state index in [1.54, 1.807) is 7.11 Å². The summed E-state index contributed by atoms with van der Waals surface area (Å²) in [5, 5.41) is 0. The monoisotopic (exact) mass is 461 g/mol.